The number of anilines is 1. The first-order chi connectivity index (χ1) is 11.6. The van der Waals surface area contributed by atoms with Crippen LogP contribution in [0.1, 0.15) is 36.2 Å². The number of hydrogen-bond donors (Lipinski definition) is 2. The molecule has 2 N–H and O–H groups in total. The molecule has 2 aromatic rings. The van der Waals surface area contributed by atoms with Crippen LogP contribution in [0.3, 0.4) is 0 Å². The van der Waals surface area contributed by atoms with E-state index in [1.54, 1.807) is 36.4 Å². The van der Waals surface area contributed by atoms with Gasteiger partial charge in [-0.25, -0.2) is 9.59 Å². The molecule has 24 heavy (non-hydrogen) atoms. The largest absolute Gasteiger partial charge is 0.423 e. The van der Waals surface area contributed by atoms with Gasteiger partial charge < -0.3 is 15.4 Å². The summed E-state index contributed by atoms with van der Waals surface area (Å²) in [6, 6.07) is 13.8. The number of rotatable bonds is 6. The molecule has 5 nitrogen and oxygen atoms in total. The van der Waals surface area contributed by atoms with Crippen molar-refractivity contribution < 1.29 is 14.3 Å². The van der Waals surface area contributed by atoms with Gasteiger partial charge >= 0.3 is 12.0 Å². The molecule has 5 heteroatoms. The number of hydrogen-bond acceptors (Lipinski definition) is 3. The van der Waals surface area contributed by atoms with Crippen LogP contribution in [0.5, 0.6) is 5.75 Å². The minimum atomic E-state index is -0.426. The van der Waals surface area contributed by atoms with Gasteiger partial charge in [0.05, 0.1) is 5.56 Å². The third-order valence-electron chi connectivity index (χ3n) is 3.44. The van der Waals surface area contributed by atoms with Crippen molar-refractivity contribution in [3.63, 3.8) is 0 Å². The standard InChI is InChI=1S/C19H22N2O3/c1-3-12-20-19(23)21-16-6-5-7-17(13-16)24-18(22)15-10-8-14(4-2)9-11-15/h5-11,13H,3-4,12H2,1-2H3,(H2,20,21,23). The smallest absolute Gasteiger partial charge is 0.343 e. The highest BCUT2D eigenvalue weighted by Gasteiger charge is 2.09. The first kappa shape index (κ1) is 17.5. The van der Waals surface area contributed by atoms with Crippen molar-refractivity contribution in [3.8, 4) is 5.75 Å². The second-order valence-corrected chi connectivity index (χ2v) is 5.35. The predicted molar refractivity (Wildman–Crippen MR) is 94.5 cm³/mol. The summed E-state index contributed by atoms with van der Waals surface area (Å²) < 4.78 is 5.37. The van der Waals surface area contributed by atoms with Crippen LogP contribution in [-0.4, -0.2) is 18.5 Å². The topological polar surface area (TPSA) is 67.4 Å². The Kier molecular flexibility index (Phi) is 6.37. The van der Waals surface area contributed by atoms with Crippen molar-refractivity contribution in [2.24, 2.45) is 0 Å². The number of benzene rings is 2. The summed E-state index contributed by atoms with van der Waals surface area (Å²) in [6.45, 7) is 4.64. The normalized spacial score (nSPS) is 10.1. The Morgan fingerprint density at radius 1 is 1.04 bits per heavy atom. The molecular formula is C19H22N2O3. The molecule has 0 saturated heterocycles. The van der Waals surface area contributed by atoms with Crippen molar-refractivity contribution in [3.05, 3.63) is 59.7 Å². The van der Waals surface area contributed by atoms with Crippen LogP contribution in [0.2, 0.25) is 0 Å². The van der Waals surface area contributed by atoms with Crippen LogP contribution in [-0.2, 0) is 6.42 Å². The van der Waals surface area contributed by atoms with Crippen molar-refractivity contribution in [2.75, 3.05) is 11.9 Å². The highest BCUT2D eigenvalue weighted by atomic mass is 16.5. The maximum absolute atomic E-state index is 12.2. The number of ether oxygens (including phenoxy) is 1. The van der Waals surface area contributed by atoms with E-state index in [-0.39, 0.29) is 6.03 Å². The molecule has 126 valence electrons. The van der Waals surface area contributed by atoms with Gasteiger partial charge in [0.2, 0.25) is 0 Å². The maximum Gasteiger partial charge on any atom is 0.343 e. The van der Waals surface area contributed by atoms with Gasteiger partial charge in [-0.15, -0.1) is 0 Å². The summed E-state index contributed by atoms with van der Waals surface area (Å²) in [4.78, 5) is 23.8. The Morgan fingerprint density at radius 3 is 2.46 bits per heavy atom. The monoisotopic (exact) mass is 326 g/mol. The zero-order chi connectivity index (χ0) is 17.4. The molecule has 0 bridgehead atoms. The van der Waals surface area contributed by atoms with Gasteiger partial charge in [0.1, 0.15) is 5.75 Å². The summed E-state index contributed by atoms with van der Waals surface area (Å²) >= 11 is 0. The molecule has 0 atom stereocenters. The third-order valence-corrected chi connectivity index (χ3v) is 3.44. The third kappa shape index (κ3) is 5.12. The predicted octanol–water partition coefficient (Wildman–Crippen LogP) is 4.00. The average molecular weight is 326 g/mol. The highest BCUT2D eigenvalue weighted by molar-refractivity contribution is 5.92. The molecule has 2 aromatic carbocycles. The Balaban J connectivity index is 2.00. The molecule has 0 aromatic heterocycles. The lowest BCUT2D eigenvalue weighted by Crippen LogP contribution is -2.29. The van der Waals surface area contributed by atoms with Gasteiger partial charge in [0.15, 0.2) is 0 Å². The van der Waals surface area contributed by atoms with Crippen LogP contribution in [0, 0.1) is 0 Å². The first-order valence-electron chi connectivity index (χ1n) is 8.08. The van der Waals surface area contributed by atoms with Crippen LogP contribution >= 0.6 is 0 Å². The van der Waals surface area contributed by atoms with Crippen molar-refractivity contribution in [1.29, 1.82) is 0 Å². The lowest BCUT2D eigenvalue weighted by molar-refractivity contribution is 0.0735. The van der Waals surface area contributed by atoms with E-state index in [4.69, 9.17) is 4.74 Å². The van der Waals surface area contributed by atoms with E-state index < -0.39 is 5.97 Å². The van der Waals surface area contributed by atoms with E-state index in [1.807, 2.05) is 19.1 Å². The Hall–Kier alpha value is -2.82. The van der Waals surface area contributed by atoms with Crippen LogP contribution < -0.4 is 15.4 Å². The summed E-state index contributed by atoms with van der Waals surface area (Å²) in [7, 11) is 0. The summed E-state index contributed by atoms with van der Waals surface area (Å²) in [5.41, 5.74) is 2.22. The quantitative estimate of drug-likeness (QED) is 0.623. The average Bonchev–Trinajstić information content (AvgIpc) is 2.60. The van der Waals surface area contributed by atoms with E-state index in [1.165, 1.54) is 0 Å². The molecule has 0 spiro atoms. The van der Waals surface area contributed by atoms with Gasteiger partial charge in [0, 0.05) is 18.3 Å². The summed E-state index contributed by atoms with van der Waals surface area (Å²) in [5.74, 6) is -0.0434. The second-order valence-electron chi connectivity index (χ2n) is 5.35. The Bertz CT molecular complexity index is 696. The fourth-order valence-corrected chi connectivity index (χ4v) is 2.09. The number of urea groups is 1. The highest BCUT2D eigenvalue weighted by Crippen LogP contribution is 2.19. The fourth-order valence-electron chi connectivity index (χ4n) is 2.09. The number of carbonyl (C=O) groups is 2. The zero-order valence-electron chi connectivity index (χ0n) is 14.0. The lowest BCUT2D eigenvalue weighted by atomic mass is 10.1. The molecule has 2 rings (SSSR count). The number of aryl methyl sites for hydroxylation is 1. The molecule has 0 heterocycles. The minimum absolute atomic E-state index is 0.282. The first-order valence-corrected chi connectivity index (χ1v) is 8.08. The second kappa shape index (κ2) is 8.72. The molecular weight excluding hydrogens is 304 g/mol. The van der Waals surface area contributed by atoms with Gasteiger partial charge in [0.25, 0.3) is 0 Å². The number of esters is 1. The molecule has 0 fully saturated rings. The molecule has 0 aliphatic carbocycles. The van der Waals surface area contributed by atoms with E-state index in [0.29, 0.717) is 23.5 Å². The van der Waals surface area contributed by atoms with Gasteiger partial charge in [-0.2, -0.15) is 0 Å². The molecule has 2 amide bonds. The molecule has 0 saturated carbocycles. The lowest BCUT2D eigenvalue weighted by Gasteiger charge is -2.09. The van der Waals surface area contributed by atoms with Gasteiger partial charge in [-0.05, 0) is 42.7 Å². The van der Waals surface area contributed by atoms with Crippen LogP contribution in [0.4, 0.5) is 10.5 Å². The number of amides is 2. The number of carbonyl (C=O) groups excluding carboxylic acids is 2. The van der Waals surface area contributed by atoms with Gasteiger partial charge in [-0.3, -0.25) is 0 Å². The molecule has 0 unspecified atom stereocenters. The molecule has 0 aliphatic rings. The van der Waals surface area contributed by atoms with E-state index in [9.17, 15) is 9.59 Å². The van der Waals surface area contributed by atoms with Crippen molar-refractivity contribution in [1.82, 2.24) is 5.32 Å². The summed E-state index contributed by atoms with van der Waals surface area (Å²) in [6.07, 6.45) is 1.78. The van der Waals surface area contributed by atoms with E-state index in [2.05, 4.69) is 17.6 Å². The molecule has 0 aliphatic heterocycles. The fraction of sp³-hybridized carbons (Fsp3) is 0.263. The zero-order valence-corrected chi connectivity index (χ0v) is 14.0. The minimum Gasteiger partial charge on any atom is -0.423 e. The SMILES string of the molecule is CCCNC(=O)Nc1cccc(OC(=O)c2ccc(CC)cc2)c1. The van der Waals surface area contributed by atoms with Crippen LogP contribution in [0.15, 0.2) is 48.5 Å². The van der Waals surface area contributed by atoms with E-state index >= 15 is 0 Å². The van der Waals surface area contributed by atoms with E-state index in [0.717, 1.165) is 18.4 Å². The number of nitrogens with one attached hydrogen (secondary N) is 2. The van der Waals surface area contributed by atoms with Crippen molar-refractivity contribution >= 4 is 17.7 Å². The van der Waals surface area contributed by atoms with Gasteiger partial charge in [-0.1, -0.05) is 32.0 Å². The van der Waals surface area contributed by atoms with Crippen molar-refractivity contribution in [2.45, 2.75) is 26.7 Å². The molecule has 0 radical (unpaired) electrons. The Morgan fingerprint density at radius 2 is 1.79 bits per heavy atom. The summed E-state index contributed by atoms with van der Waals surface area (Å²) in [5, 5.41) is 5.42. The maximum atomic E-state index is 12.2. The van der Waals surface area contributed by atoms with Crippen LogP contribution in [0.25, 0.3) is 0 Å². The Labute approximate surface area is 142 Å².